The number of benzene rings is 1. The summed E-state index contributed by atoms with van der Waals surface area (Å²) in [5.41, 5.74) is 2.77. The zero-order valence-electron chi connectivity index (χ0n) is 19.3. The Hall–Kier alpha value is -3.19. The number of nitrogens with zero attached hydrogens (tertiary/aromatic N) is 4. The van der Waals surface area contributed by atoms with E-state index in [9.17, 15) is 26.4 Å². The van der Waals surface area contributed by atoms with Crippen LogP contribution in [0.1, 0.15) is 46.4 Å². The van der Waals surface area contributed by atoms with Crippen molar-refractivity contribution in [1.82, 2.24) is 24.2 Å². The Morgan fingerprint density at radius 3 is 2.36 bits per heavy atom. The van der Waals surface area contributed by atoms with Crippen molar-refractivity contribution in [2.45, 2.75) is 31.0 Å². The highest BCUT2D eigenvalue weighted by molar-refractivity contribution is 7.88. The van der Waals surface area contributed by atoms with E-state index in [0.29, 0.717) is 50.2 Å². The van der Waals surface area contributed by atoms with E-state index in [4.69, 9.17) is 0 Å². The number of nitrogens with one attached hydrogen (secondary N) is 1. The minimum atomic E-state index is -4.78. The maximum absolute atomic E-state index is 12.9. The molecule has 1 N–H and O–H groups in total. The lowest BCUT2D eigenvalue weighted by Crippen LogP contribution is -2.48. The molecule has 3 aromatic rings. The molecule has 9 nitrogen and oxygen atoms in total. The van der Waals surface area contributed by atoms with Gasteiger partial charge in [-0.1, -0.05) is 0 Å². The van der Waals surface area contributed by atoms with Crippen molar-refractivity contribution < 1.29 is 31.1 Å². The van der Waals surface area contributed by atoms with E-state index in [1.807, 2.05) is 6.07 Å². The number of imidazole rings is 1. The molecule has 2 aliphatic heterocycles. The number of H-pyrrole nitrogens is 1. The van der Waals surface area contributed by atoms with Gasteiger partial charge in [-0.3, -0.25) is 4.79 Å². The van der Waals surface area contributed by atoms with Crippen LogP contribution in [0.2, 0.25) is 0 Å². The highest BCUT2D eigenvalue weighted by Crippen LogP contribution is 2.34. The standard InChI is InChI=1S/C23H24F3N5O4S/c1-36(33,34)31-12-16(13-31)20-28-19-18(6-9-27-21(19)29-20)14-7-10-30(11-8-14)22(32)15-2-4-17(5-3-15)35-23(24,25)26/h2-6,9,14,16H,7-8,10-13H2,1H3,(H,27,28,29). The number of sulfonamides is 1. The third-order valence-corrected chi connectivity index (χ3v) is 7.94. The van der Waals surface area contributed by atoms with Crippen molar-refractivity contribution in [3.05, 3.63) is 53.5 Å². The van der Waals surface area contributed by atoms with Gasteiger partial charge in [-0.25, -0.2) is 22.7 Å². The van der Waals surface area contributed by atoms with Gasteiger partial charge >= 0.3 is 6.36 Å². The predicted molar refractivity (Wildman–Crippen MR) is 124 cm³/mol. The molecule has 1 aromatic carbocycles. The molecule has 2 saturated heterocycles. The fourth-order valence-electron chi connectivity index (χ4n) is 4.74. The van der Waals surface area contributed by atoms with Crippen LogP contribution in [0.5, 0.6) is 5.75 Å². The zero-order chi connectivity index (χ0) is 25.7. The summed E-state index contributed by atoms with van der Waals surface area (Å²) in [5, 5.41) is 0. The first-order valence-corrected chi connectivity index (χ1v) is 13.3. The van der Waals surface area contributed by atoms with Crippen molar-refractivity contribution in [3.8, 4) is 5.75 Å². The van der Waals surface area contributed by atoms with Crippen LogP contribution in [0.4, 0.5) is 13.2 Å². The van der Waals surface area contributed by atoms with Gasteiger partial charge in [-0.2, -0.15) is 0 Å². The molecule has 0 spiro atoms. The Kier molecular flexibility index (Phi) is 6.15. The molecule has 0 bridgehead atoms. The van der Waals surface area contributed by atoms with Gasteiger partial charge in [0.2, 0.25) is 10.0 Å². The third kappa shape index (κ3) is 5.03. The lowest BCUT2D eigenvalue weighted by molar-refractivity contribution is -0.274. The van der Waals surface area contributed by atoms with E-state index < -0.39 is 16.4 Å². The number of carbonyl (C=O) groups is 1. The van der Waals surface area contributed by atoms with Crippen LogP contribution >= 0.6 is 0 Å². The zero-order valence-corrected chi connectivity index (χ0v) is 20.1. The molecule has 0 saturated carbocycles. The Balaban J connectivity index is 1.24. The number of ether oxygens (including phenoxy) is 1. The molecule has 36 heavy (non-hydrogen) atoms. The monoisotopic (exact) mass is 523 g/mol. The molecule has 2 aromatic heterocycles. The van der Waals surface area contributed by atoms with Crippen LogP contribution in [-0.4, -0.2) is 77.3 Å². The number of halogens is 3. The van der Waals surface area contributed by atoms with Crippen LogP contribution in [0, 0.1) is 0 Å². The number of amides is 1. The topological polar surface area (TPSA) is 108 Å². The first-order valence-electron chi connectivity index (χ1n) is 11.4. The average molecular weight is 524 g/mol. The van der Waals surface area contributed by atoms with Crippen molar-refractivity contribution >= 4 is 27.1 Å². The number of fused-ring (bicyclic) bond motifs is 1. The van der Waals surface area contributed by atoms with Crippen LogP contribution < -0.4 is 4.74 Å². The molecule has 5 rings (SSSR count). The second-order valence-electron chi connectivity index (χ2n) is 9.14. The maximum atomic E-state index is 12.9. The minimum absolute atomic E-state index is 0.00540. The molecule has 192 valence electrons. The van der Waals surface area contributed by atoms with Crippen molar-refractivity contribution in [3.63, 3.8) is 0 Å². The number of aromatic nitrogens is 3. The van der Waals surface area contributed by atoms with Gasteiger partial charge in [0.05, 0.1) is 11.8 Å². The summed E-state index contributed by atoms with van der Waals surface area (Å²) >= 11 is 0. The second kappa shape index (κ2) is 9.04. The number of likely N-dealkylation sites (tertiary alicyclic amines) is 1. The van der Waals surface area contributed by atoms with E-state index in [1.165, 1.54) is 22.7 Å². The number of aromatic amines is 1. The van der Waals surface area contributed by atoms with E-state index in [-0.39, 0.29) is 23.5 Å². The Labute approximate surface area is 205 Å². The van der Waals surface area contributed by atoms with E-state index >= 15 is 0 Å². The molecule has 2 aliphatic rings. The normalized spacial score (nSPS) is 18.4. The molecule has 0 unspecified atom stereocenters. The second-order valence-corrected chi connectivity index (χ2v) is 11.1. The van der Waals surface area contributed by atoms with Gasteiger partial charge in [0.15, 0.2) is 5.65 Å². The Morgan fingerprint density at radius 2 is 1.75 bits per heavy atom. The van der Waals surface area contributed by atoms with Gasteiger partial charge < -0.3 is 14.6 Å². The average Bonchev–Trinajstić information content (AvgIpc) is 3.20. The minimum Gasteiger partial charge on any atom is -0.406 e. The number of hydrogen-bond donors (Lipinski definition) is 1. The third-order valence-electron chi connectivity index (χ3n) is 6.70. The van der Waals surface area contributed by atoms with Crippen molar-refractivity contribution in [2.75, 3.05) is 32.4 Å². The van der Waals surface area contributed by atoms with Gasteiger partial charge in [0, 0.05) is 43.9 Å². The summed E-state index contributed by atoms with van der Waals surface area (Å²) in [7, 11) is -3.21. The van der Waals surface area contributed by atoms with Crippen LogP contribution in [-0.2, 0) is 10.0 Å². The molecule has 4 heterocycles. The molecule has 13 heteroatoms. The highest BCUT2D eigenvalue weighted by atomic mass is 32.2. The smallest absolute Gasteiger partial charge is 0.406 e. The predicted octanol–water partition coefficient (Wildman–Crippen LogP) is 3.24. The van der Waals surface area contributed by atoms with Gasteiger partial charge in [-0.15, -0.1) is 13.2 Å². The molecule has 1 amide bonds. The molecule has 2 fully saturated rings. The summed E-state index contributed by atoms with van der Waals surface area (Å²) < 4.78 is 65.7. The number of carbonyl (C=O) groups excluding carboxylic acids is 1. The fraction of sp³-hybridized carbons (Fsp3) is 0.435. The number of piperidine rings is 1. The number of pyridine rings is 1. The van der Waals surface area contributed by atoms with E-state index in [2.05, 4.69) is 19.7 Å². The summed E-state index contributed by atoms with van der Waals surface area (Å²) in [6.45, 7) is 1.78. The molecular formula is C23H24F3N5O4S. The number of rotatable bonds is 5. The fourth-order valence-corrected chi connectivity index (χ4v) is 5.64. The Morgan fingerprint density at radius 1 is 1.08 bits per heavy atom. The number of alkyl halides is 3. The lowest BCUT2D eigenvalue weighted by Gasteiger charge is -2.35. The quantitative estimate of drug-likeness (QED) is 0.550. The SMILES string of the molecule is CS(=O)(=O)N1CC(c2nc3nccc(C4CCN(C(=O)c5ccc(OC(F)(F)F)cc5)CC4)c3[nH]2)C1. The van der Waals surface area contributed by atoms with Gasteiger partial charge in [0.1, 0.15) is 11.6 Å². The number of hydrogen-bond acceptors (Lipinski definition) is 6. The lowest BCUT2D eigenvalue weighted by atomic mass is 9.89. The van der Waals surface area contributed by atoms with E-state index in [1.54, 1.807) is 11.1 Å². The molecule has 0 atom stereocenters. The van der Waals surface area contributed by atoms with Gasteiger partial charge in [0.25, 0.3) is 5.91 Å². The molecule has 0 aliphatic carbocycles. The largest absolute Gasteiger partial charge is 0.573 e. The summed E-state index contributed by atoms with van der Waals surface area (Å²) in [5.74, 6) is 0.273. The summed E-state index contributed by atoms with van der Waals surface area (Å²) in [6.07, 6.45) is -0.473. The Bertz CT molecular complexity index is 1380. The maximum Gasteiger partial charge on any atom is 0.573 e. The first kappa shape index (κ1) is 24.5. The molecule has 0 radical (unpaired) electrons. The van der Waals surface area contributed by atoms with Crippen molar-refractivity contribution in [2.24, 2.45) is 0 Å². The van der Waals surface area contributed by atoms with Crippen LogP contribution in [0.25, 0.3) is 11.2 Å². The van der Waals surface area contributed by atoms with E-state index in [0.717, 1.165) is 29.0 Å². The summed E-state index contributed by atoms with van der Waals surface area (Å²) in [6, 6.07) is 6.87. The van der Waals surface area contributed by atoms with Crippen molar-refractivity contribution in [1.29, 1.82) is 0 Å². The van der Waals surface area contributed by atoms with Gasteiger partial charge in [-0.05, 0) is 54.7 Å². The van der Waals surface area contributed by atoms with Crippen LogP contribution in [0.3, 0.4) is 0 Å². The highest BCUT2D eigenvalue weighted by Gasteiger charge is 2.36. The summed E-state index contributed by atoms with van der Waals surface area (Å²) in [4.78, 5) is 26.8. The first-order chi connectivity index (χ1) is 17.0. The van der Waals surface area contributed by atoms with Crippen LogP contribution in [0.15, 0.2) is 36.5 Å². The molecular weight excluding hydrogens is 499 g/mol.